The molecule has 1 saturated heterocycles. The van der Waals surface area contributed by atoms with Crippen LogP contribution in [-0.4, -0.2) is 39.2 Å². The molecule has 2 aromatic rings. The van der Waals surface area contributed by atoms with Gasteiger partial charge in [-0.15, -0.1) is 0 Å². The fourth-order valence-corrected chi connectivity index (χ4v) is 1.88. The highest BCUT2D eigenvalue weighted by molar-refractivity contribution is 5.82. The molecule has 92 valence electrons. The molecule has 0 amide bonds. The summed E-state index contributed by atoms with van der Waals surface area (Å²) in [5.74, 6) is -0.502. The topological polar surface area (TPSA) is 88.1 Å². The van der Waals surface area contributed by atoms with Gasteiger partial charge in [0.2, 0.25) is 0 Å². The lowest BCUT2D eigenvalue weighted by atomic mass is 9.85. The minimum absolute atomic E-state index is 0.150. The molecule has 2 N–H and O–H groups in total. The highest BCUT2D eigenvalue weighted by Gasteiger charge is 2.50. The summed E-state index contributed by atoms with van der Waals surface area (Å²) in [5.41, 5.74) is 0.405. The molecule has 6 heteroatoms. The van der Waals surface area contributed by atoms with Crippen LogP contribution >= 0.6 is 0 Å². The summed E-state index contributed by atoms with van der Waals surface area (Å²) in [4.78, 5) is 22.6. The second kappa shape index (κ2) is 3.92. The number of pyridine rings is 1. The number of imidazole rings is 1. The van der Waals surface area contributed by atoms with E-state index in [1.165, 1.54) is 0 Å². The molecule has 0 saturated carbocycles. The summed E-state index contributed by atoms with van der Waals surface area (Å²) in [5, 5.41) is 9.26. The molecule has 0 aliphatic carbocycles. The lowest BCUT2D eigenvalue weighted by Crippen LogP contribution is -2.53. The molecule has 6 nitrogen and oxygen atoms in total. The van der Waals surface area contributed by atoms with Crippen LogP contribution in [0.15, 0.2) is 30.6 Å². The Balaban J connectivity index is 1.97. The van der Waals surface area contributed by atoms with Crippen molar-refractivity contribution >= 4 is 5.97 Å². The number of hydrogen-bond donors (Lipinski definition) is 2. The highest BCUT2D eigenvalue weighted by atomic mass is 16.5. The van der Waals surface area contributed by atoms with Crippen LogP contribution in [0, 0.1) is 0 Å². The van der Waals surface area contributed by atoms with Crippen molar-refractivity contribution in [3.63, 3.8) is 0 Å². The van der Waals surface area contributed by atoms with E-state index in [4.69, 9.17) is 4.74 Å². The quantitative estimate of drug-likeness (QED) is 0.836. The lowest BCUT2D eigenvalue weighted by molar-refractivity contribution is -0.163. The van der Waals surface area contributed by atoms with Crippen molar-refractivity contribution in [1.29, 1.82) is 0 Å². The maximum absolute atomic E-state index is 11.3. The predicted molar refractivity (Wildman–Crippen MR) is 62.0 cm³/mol. The molecule has 3 rings (SSSR count). The molecular formula is C12H11N3O3. The fraction of sp³-hybridized carbons (Fsp3) is 0.250. The van der Waals surface area contributed by atoms with Gasteiger partial charge in [-0.1, -0.05) is 6.07 Å². The molecule has 0 radical (unpaired) electrons. The normalized spacial score (nSPS) is 17.1. The zero-order valence-corrected chi connectivity index (χ0v) is 9.46. The van der Waals surface area contributed by atoms with E-state index >= 15 is 0 Å². The minimum Gasteiger partial charge on any atom is -0.480 e. The third-order valence-electron chi connectivity index (χ3n) is 3.08. The number of carboxylic acids is 1. The average Bonchev–Trinajstić information content (AvgIpc) is 2.78. The molecule has 1 fully saturated rings. The number of nitrogens with zero attached hydrogens (tertiary/aromatic N) is 2. The Morgan fingerprint density at radius 1 is 1.39 bits per heavy atom. The van der Waals surface area contributed by atoms with Gasteiger partial charge in [0.15, 0.2) is 5.41 Å². The second-order valence-electron chi connectivity index (χ2n) is 4.24. The van der Waals surface area contributed by atoms with Crippen LogP contribution in [0.1, 0.15) is 5.82 Å². The minimum atomic E-state index is -1.03. The van der Waals surface area contributed by atoms with Crippen LogP contribution in [0.4, 0.5) is 0 Å². The van der Waals surface area contributed by atoms with E-state index in [2.05, 4.69) is 15.0 Å². The number of hydrogen-bond acceptors (Lipinski definition) is 4. The van der Waals surface area contributed by atoms with Gasteiger partial charge in [-0.3, -0.25) is 9.78 Å². The van der Waals surface area contributed by atoms with Gasteiger partial charge < -0.3 is 14.8 Å². The third kappa shape index (κ3) is 1.50. The van der Waals surface area contributed by atoms with Gasteiger partial charge in [0.05, 0.1) is 30.8 Å². The van der Waals surface area contributed by atoms with E-state index < -0.39 is 11.4 Å². The van der Waals surface area contributed by atoms with E-state index in [9.17, 15) is 9.90 Å². The first-order valence-corrected chi connectivity index (χ1v) is 5.50. The maximum Gasteiger partial charge on any atom is 0.322 e. The van der Waals surface area contributed by atoms with Crippen LogP contribution in [-0.2, 0) is 14.9 Å². The number of carboxylic acid groups (broad SMARTS) is 1. The van der Waals surface area contributed by atoms with Crippen molar-refractivity contribution in [1.82, 2.24) is 15.0 Å². The standard InChI is InChI=1S/C12H11N3O3/c16-11(17)12(6-18-7-12)10-14-5-9(15-10)8-3-1-2-4-13-8/h1-5H,6-7H2,(H,14,15)(H,16,17). The number of aliphatic carboxylic acids is 1. The van der Waals surface area contributed by atoms with Gasteiger partial charge in [-0.25, -0.2) is 4.98 Å². The van der Waals surface area contributed by atoms with Crippen molar-refractivity contribution in [3.8, 4) is 11.4 Å². The summed E-state index contributed by atoms with van der Waals surface area (Å²) in [7, 11) is 0. The number of nitrogens with one attached hydrogen (secondary N) is 1. The Morgan fingerprint density at radius 3 is 2.78 bits per heavy atom. The van der Waals surface area contributed by atoms with Crippen molar-refractivity contribution in [2.24, 2.45) is 0 Å². The van der Waals surface area contributed by atoms with Gasteiger partial charge in [-0.05, 0) is 12.1 Å². The Hall–Kier alpha value is -2.21. The lowest BCUT2D eigenvalue weighted by Gasteiger charge is -2.35. The smallest absolute Gasteiger partial charge is 0.322 e. The molecule has 0 unspecified atom stereocenters. The number of carbonyl (C=O) groups is 1. The molecular weight excluding hydrogens is 234 g/mol. The summed E-state index contributed by atoms with van der Waals surface area (Å²) < 4.78 is 5.01. The summed E-state index contributed by atoms with van der Waals surface area (Å²) >= 11 is 0. The average molecular weight is 245 g/mol. The van der Waals surface area contributed by atoms with Crippen molar-refractivity contribution in [3.05, 3.63) is 36.4 Å². The summed E-state index contributed by atoms with van der Waals surface area (Å²) in [6.07, 6.45) is 3.27. The Kier molecular flexibility index (Phi) is 2.38. The zero-order valence-electron chi connectivity index (χ0n) is 9.46. The molecule has 2 aromatic heterocycles. The highest BCUT2D eigenvalue weighted by Crippen LogP contribution is 2.31. The van der Waals surface area contributed by atoms with E-state index in [0.29, 0.717) is 11.5 Å². The van der Waals surface area contributed by atoms with Gasteiger partial charge in [-0.2, -0.15) is 0 Å². The van der Waals surface area contributed by atoms with Crippen LogP contribution in [0.5, 0.6) is 0 Å². The van der Waals surface area contributed by atoms with Crippen LogP contribution in [0.25, 0.3) is 11.4 Å². The van der Waals surface area contributed by atoms with E-state index in [1.54, 1.807) is 12.4 Å². The van der Waals surface area contributed by atoms with Crippen molar-refractivity contribution < 1.29 is 14.6 Å². The largest absolute Gasteiger partial charge is 0.480 e. The van der Waals surface area contributed by atoms with E-state index in [1.807, 2.05) is 18.2 Å². The fourth-order valence-electron chi connectivity index (χ4n) is 1.88. The van der Waals surface area contributed by atoms with Crippen LogP contribution in [0.3, 0.4) is 0 Å². The van der Waals surface area contributed by atoms with Gasteiger partial charge in [0.25, 0.3) is 0 Å². The zero-order chi connectivity index (χ0) is 12.6. The summed E-state index contributed by atoms with van der Waals surface area (Å²) in [6, 6.07) is 5.52. The van der Waals surface area contributed by atoms with E-state index in [-0.39, 0.29) is 13.2 Å². The molecule has 0 spiro atoms. The second-order valence-corrected chi connectivity index (χ2v) is 4.24. The first-order chi connectivity index (χ1) is 8.72. The number of aromatic nitrogens is 3. The molecule has 3 heterocycles. The molecule has 18 heavy (non-hydrogen) atoms. The first-order valence-electron chi connectivity index (χ1n) is 5.50. The third-order valence-corrected chi connectivity index (χ3v) is 3.08. The molecule has 1 aliphatic heterocycles. The molecule has 0 atom stereocenters. The summed E-state index contributed by atoms with van der Waals surface area (Å²) in [6.45, 7) is 0.301. The maximum atomic E-state index is 11.3. The number of rotatable bonds is 3. The SMILES string of the molecule is O=C(O)C1(c2ncc(-c3ccccn3)[nH]2)COC1. The number of ether oxygens (including phenoxy) is 1. The van der Waals surface area contributed by atoms with Crippen molar-refractivity contribution in [2.75, 3.05) is 13.2 Å². The van der Waals surface area contributed by atoms with Crippen molar-refractivity contribution in [2.45, 2.75) is 5.41 Å². The van der Waals surface area contributed by atoms with Crippen LogP contribution in [0.2, 0.25) is 0 Å². The Bertz CT molecular complexity index is 575. The Labute approximate surface area is 103 Å². The molecule has 0 aromatic carbocycles. The molecule has 1 aliphatic rings. The monoisotopic (exact) mass is 245 g/mol. The van der Waals surface area contributed by atoms with Gasteiger partial charge in [0.1, 0.15) is 5.82 Å². The predicted octanol–water partition coefficient (Wildman–Crippen LogP) is 0.824. The number of H-pyrrole nitrogens is 1. The Morgan fingerprint density at radius 2 is 2.22 bits per heavy atom. The van der Waals surface area contributed by atoms with E-state index in [0.717, 1.165) is 5.69 Å². The van der Waals surface area contributed by atoms with Gasteiger partial charge in [0, 0.05) is 6.20 Å². The molecule has 0 bridgehead atoms. The number of aromatic amines is 1. The van der Waals surface area contributed by atoms with Crippen LogP contribution < -0.4 is 0 Å². The first kappa shape index (κ1) is 10.9. The van der Waals surface area contributed by atoms with Gasteiger partial charge >= 0.3 is 5.97 Å².